The Morgan fingerprint density at radius 2 is 2.03 bits per heavy atom. The number of aryl methyl sites for hydroxylation is 1. The molecule has 0 amide bonds. The van der Waals surface area contributed by atoms with Crippen LogP contribution in [0.5, 0.6) is 0 Å². The molecule has 4 rings (SSSR count). The lowest BCUT2D eigenvalue weighted by Crippen LogP contribution is -2.50. The summed E-state index contributed by atoms with van der Waals surface area (Å²) >= 11 is 0.224. The van der Waals surface area contributed by atoms with Crippen LogP contribution in [-0.4, -0.2) is 54.6 Å². The molecule has 1 saturated carbocycles. The zero-order valence-corrected chi connectivity index (χ0v) is 19.0. The molecule has 1 aliphatic carbocycles. The number of aromatic nitrogens is 3. The van der Waals surface area contributed by atoms with E-state index in [-0.39, 0.29) is 6.10 Å². The highest BCUT2D eigenvalue weighted by molar-refractivity contribution is 7.97. The number of benzene rings is 1. The minimum absolute atomic E-state index is 0.301. The van der Waals surface area contributed by atoms with Gasteiger partial charge >= 0.3 is 0 Å². The molecule has 2 unspecified atom stereocenters. The van der Waals surface area contributed by atoms with Crippen LogP contribution >= 0.6 is 11.9 Å². The largest absolute Gasteiger partial charge is 0.587 e. The first-order valence-electron chi connectivity index (χ1n) is 10.0. The molecule has 3 aromatic rings. The minimum atomic E-state index is -1.36. The fourth-order valence-corrected chi connectivity index (χ4v) is 5.39. The van der Waals surface area contributed by atoms with Crippen LogP contribution < -0.4 is 9.62 Å². The van der Waals surface area contributed by atoms with Crippen molar-refractivity contribution >= 4 is 40.2 Å². The van der Waals surface area contributed by atoms with Gasteiger partial charge in [0.2, 0.25) is 0 Å². The molecule has 0 saturated heterocycles. The van der Waals surface area contributed by atoms with Crippen LogP contribution in [0.25, 0.3) is 11.0 Å². The van der Waals surface area contributed by atoms with Gasteiger partial charge in [-0.1, -0.05) is 29.6 Å². The molecule has 2 N–H and O–H groups in total. The zero-order chi connectivity index (χ0) is 21.3. The Kier molecular flexibility index (Phi) is 6.54. The van der Waals surface area contributed by atoms with E-state index in [2.05, 4.69) is 26.6 Å². The lowest BCUT2D eigenvalue weighted by atomic mass is 9.86. The van der Waals surface area contributed by atoms with E-state index < -0.39 is 11.4 Å². The quantitative estimate of drug-likeness (QED) is 0.407. The van der Waals surface area contributed by atoms with Gasteiger partial charge in [0.15, 0.2) is 10.5 Å². The second-order valence-corrected chi connectivity index (χ2v) is 10.1. The number of aliphatic hydroxyl groups is 1. The van der Waals surface area contributed by atoms with Crippen molar-refractivity contribution in [1.82, 2.24) is 18.7 Å². The molecule has 30 heavy (non-hydrogen) atoms. The number of rotatable bonds is 8. The molecule has 0 aliphatic heterocycles. The summed E-state index contributed by atoms with van der Waals surface area (Å²) in [6.45, 7) is 3.81. The van der Waals surface area contributed by atoms with E-state index in [1.807, 2.05) is 43.5 Å². The smallest absolute Gasteiger partial charge is 0.191 e. The van der Waals surface area contributed by atoms with E-state index in [9.17, 15) is 9.66 Å². The molecule has 1 aromatic carbocycles. The van der Waals surface area contributed by atoms with Gasteiger partial charge in [-0.15, -0.1) is 3.97 Å². The summed E-state index contributed by atoms with van der Waals surface area (Å²) < 4.78 is 18.2. The molecular formula is C21H27N5O2S2. The average Bonchev–Trinajstić information content (AvgIpc) is 3.13. The highest BCUT2D eigenvalue weighted by atomic mass is 32.2. The molecule has 2 atom stereocenters. The average molecular weight is 446 g/mol. The number of hydrogen-bond donors (Lipinski definition) is 2. The highest BCUT2D eigenvalue weighted by Gasteiger charge is 2.33. The van der Waals surface area contributed by atoms with Gasteiger partial charge in [0.25, 0.3) is 0 Å². The summed E-state index contributed by atoms with van der Waals surface area (Å²) in [5.74, 6) is 1.55. The third kappa shape index (κ3) is 4.45. The lowest BCUT2D eigenvalue weighted by molar-refractivity contribution is 0.220. The van der Waals surface area contributed by atoms with E-state index in [4.69, 9.17) is 0 Å². The maximum atomic E-state index is 13.1. The third-order valence-corrected chi connectivity index (χ3v) is 7.87. The summed E-state index contributed by atoms with van der Waals surface area (Å²) in [6, 6.07) is 10.5. The Labute approximate surface area is 184 Å². The zero-order valence-electron chi connectivity index (χ0n) is 17.4. The highest BCUT2D eigenvalue weighted by Crippen LogP contribution is 2.33. The SMILES string of the molecule is Cc1ccc([S+]([O-])n2ccc3c(N(C)[C@H]4C[C@@H](NSCC(C)O)C4)ncnc32)cc1. The second-order valence-electron chi connectivity index (χ2n) is 7.85. The van der Waals surface area contributed by atoms with Gasteiger partial charge in [-0.3, -0.25) is 4.72 Å². The normalized spacial score (nSPS) is 20.7. The van der Waals surface area contributed by atoms with Gasteiger partial charge in [-0.2, -0.15) is 0 Å². The van der Waals surface area contributed by atoms with Crippen LogP contribution in [-0.2, 0) is 11.4 Å². The topological polar surface area (TPSA) is 89.3 Å². The van der Waals surface area contributed by atoms with Crippen molar-refractivity contribution in [3.8, 4) is 0 Å². The van der Waals surface area contributed by atoms with Gasteiger partial charge in [-0.05, 0) is 44.9 Å². The lowest BCUT2D eigenvalue weighted by Gasteiger charge is -2.42. The van der Waals surface area contributed by atoms with Crippen molar-refractivity contribution in [3.63, 3.8) is 0 Å². The molecule has 0 radical (unpaired) electrons. The van der Waals surface area contributed by atoms with Crippen molar-refractivity contribution in [1.29, 1.82) is 0 Å². The maximum absolute atomic E-state index is 13.1. The molecule has 160 valence electrons. The molecule has 7 nitrogen and oxygen atoms in total. The van der Waals surface area contributed by atoms with E-state index in [1.54, 1.807) is 29.2 Å². The van der Waals surface area contributed by atoms with Crippen LogP contribution in [0.1, 0.15) is 25.3 Å². The Hall–Kier alpha value is -1.78. The van der Waals surface area contributed by atoms with Gasteiger partial charge < -0.3 is 14.6 Å². The van der Waals surface area contributed by atoms with Crippen LogP contribution in [0.4, 0.5) is 5.82 Å². The second kappa shape index (κ2) is 9.15. The molecule has 9 heteroatoms. The molecule has 2 heterocycles. The van der Waals surface area contributed by atoms with E-state index in [0.717, 1.165) is 34.5 Å². The van der Waals surface area contributed by atoms with Crippen LogP contribution in [0.15, 0.2) is 47.8 Å². The van der Waals surface area contributed by atoms with Gasteiger partial charge in [0, 0.05) is 24.9 Å². The van der Waals surface area contributed by atoms with Gasteiger partial charge in [-0.25, -0.2) is 9.97 Å². The van der Waals surface area contributed by atoms with Crippen LogP contribution in [0.2, 0.25) is 0 Å². The Balaban J connectivity index is 1.48. The number of hydrogen-bond acceptors (Lipinski definition) is 7. The Morgan fingerprint density at radius 1 is 1.30 bits per heavy atom. The molecule has 1 aliphatic rings. The van der Waals surface area contributed by atoms with Crippen molar-refractivity contribution < 1.29 is 9.66 Å². The fraction of sp³-hybridized carbons (Fsp3) is 0.429. The maximum Gasteiger partial charge on any atom is 0.191 e. The van der Waals surface area contributed by atoms with Crippen molar-refractivity contribution in [3.05, 3.63) is 48.4 Å². The van der Waals surface area contributed by atoms with E-state index >= 15 is 0 Å². The van der Waals surface area contributed by atoms with Crippen LogP contribution in [0.3, 0.4) is 0 Å². The molecule has 2 aromatic heterocycles. The summed E-state index contributed by atoms with van der Waals surface area (Å²) in [7, 11) is 2.06. The standard InChI is InChI=1S/C21H27N5O2S2/c1-14-4-6-18(7-5-14)30(28)26-9-8-19-20(22-13-23-21(19)26)25(3)17-10-16(11-17)24-29-12-15(2)27/h4-9,13,15-17,24,27H,10-12H2,1-3H3/t15?,16-,17+,30?. The van der Waals surface area contributed by atoms with Gasteiger partial charge in [0.1, 0.15) is 23.5 Å². The summed E-state index contributed by atoms with van der Waals surface area (Å²) in [6.07, 6.45) is 5.11. The van der Waals surface area contributed by atoms with Crippen molar-refractivity contribution in [2.75, 3.05) is 17.7 Å². The molecule has 0 bridgehead atoms. The number of anilines is 1. The van der Waals surface area contributed by atoms with Crippen LogP contribution in [0, 0.1) is 6.92 Å². The van der Waals surface area contributed by atoms with E-state index in [0.29, 0.717) is 23.5 Å². The first kappa shape index (κ1) is 21.5. The van der Waals surface area contributed by atoms with E-state index in [1.165, 1.54) is 0 Å². The molecular weight excluding hydrogens is 418 g/mol. The monoisotopic (exact) mass is 445 g/mol. The van der Waals surface area contributed by atoms with Crippen molar-refractivity contribution in [2.45, 2.75) is 49.8 Å². The van der Waals surface area contributed by atoms with Gasteiger partial charge in [0.05, 0.1) is 17.7 Å². The number of nitrogens with one attached hydrogen (secondary N) is 1. The predicted octanol–water partition coefficient (Wildman–Crippen LogP) is 2.90. The fourth-order valence-electron chi connectivity index (χ4n) is 3.56. The summed E-state index contributed by atoms with van der Waals surface area (Å²) in [4.78, 5) is 11.9. The number of fused-ring (bicyclic) bond motifs is 1. The molecule has 1 fully saturated rings. The van der Waals surface area contributed by atoms with Crippen molar-refractivity contribution in [2.24, 2.45) is 0 Å². The third-order valence-electron chi connectivity index (χ3n) is 5.40. The molecule has 0 spiro atoms. The Bertz CT molecular complexity index is 989. The first-order valence-corrected chi connectivity index (χ1v) is 12.1. The minimum Gasteiger partial charge on any atom is -0.587 e. The summed E-state index contributed by atoms with van der Waals surface area (Å²) in [5, 5.41) is 10.3. The number of aliphatic hydroxyl groups excluding tert-OH is 1. The first-order chi connectivity index (χ1) is 14.4. The predicted molar refractivity (Wildman–Crippen MR) is 123 cm³/mol. The Morgan fingerprint density at radius 3 is 2.73 bits per heavy atom. The summed E-state index contributed by atoms with van der Waals surface area (Å²) in [5.41, 5.74) is 1.81. The number of nitrogens with zero attached hydrogens (tertiary/aromatic N) is 4.